The largest absolute Gasteiger partial charge is 0.394 e. The SMILES string of the molecule is CCCC1O[C@@]2(OCC(=O)[C@H]3CCC4C5CCC6=CC(=O)C=C[C@]6(C)C5[C@@H](O)C[C@@]43C)O[C@H](CO)[C@@H](O)[C@H](O)[C@]2(O)O1. The van der Waals surface area contributed by atoms with Crippen molar-refractivity contribution in [2.24, 2.45) is 34.5 Å². The summed E-state index contributed by atoms with van der Waals surface area (Å²) in [4.78, 5) is 26.0. The van der Waals surface area contributed by atoms with E-state index in [0.29, 0.717) is 25.7 Å². The Bertz CT molecular complexity index is 1170. The highest BCUT2D eigenvalue weighted by Crippen LogP contribution is 2.66. The number of aliphatic hydroxyl groups excluding tert-OH is 4. The van der Waals surface area contributed by atoms with Gasteiger partial charge >= 0.3 is 5.97 Å². The molecule has 234 valence electrons. The van der Waals surface area contributed by atoms with Crippen molar-refractivity contribution in [3.8, 4) is 0 Å². The fourth-order valence-electron chi connectivity index (χ4n) is 9.41. The number of carbonyl (C=O) groups excluding carboxylic acids is 2. The molecule has 0 radical (unpaired) electrons. The lowest BCUT2D eigenvalue weighted by Gasteiger charge is -2.58. The number of allylic oxidation sites excluding steroid dienone is 4. The molecule has 0 bridgehead atoms. The first-order valence-corrected chi connectivity index (χ1v) is 15.4. The molecule has 3 saturated carbocycles. The van der Waals surface area contributed by atoms with Gasteiger partial charge < -0.3 is 39.7 Å². The van der Waals surface area contributed by atoms with Crippen LogP contribution in [-0.2, 0) is 28.5 Å². The summed E-state index contributed by atoms with van der Waals surface area (Å²) in [5.41, 5.74) is 0.189. The Kier molecular flexibility index (Phi) is 7.64. The zero-order valence-electron chi connectivity index (χ0n) is 24.5. The van der Waals surface area contributed by atoms with Crippen LogP contribution in [0.2, 0.25) is 0 Å². The molecule has 4 aliphatic carbocycles. The third-order valence-corrected chi connectivity index (χ3v) is 11.4. The monoisotopic (exact) mass is 592 g/mol. The van der Waals surface area contributed by atoms with Crippen LogP contribution in [-0.4, -0.2) is 92.8 Å². The van der Waals surface area contributed by atoms with E-state index in [-0.39, 0.29) is 29.3 Å². The van der Waals surface area contributed by atoms with Gasteiger partial charge in [0.1, 0.15) is 24.9 Å². The fraction of sp³-hybridized carbons (Fsp3) is 0.806. The van der Waals surface area contributed by atoms with Crippen molar-refractivity contribution in [2.75, 3.05) is 13.2 Å². The number of carbonyl (C=O) groups is 2. The van der Waals surface area contributed by atoms with Gasteiger partial charge in [0.05, 0.1) is 12.7 Å². The number of hydrogen-bond donors (Lipinski definition) is 5. The summed E-state index contributed by atoms with van der Waals surface area (Å²) < 4.78 is 23.0. The van der Waals surface area contributed by atoms with Gasteiger partial charge in [0.2, 0.25) is 0 Å². The molecule has 0 amide bonds. The van der Waals surface area contributed by atoms with Crippen molar-refractivity contribution in [1.82, 2.24) is 0 Å². The highest BCUT2D eigenvalue weighted by atomic mass is 17.0. The van der Waals surface area contributed by atoms with Crippen LogP contribution in [0.25, 0.3) is 0 Å². The molecule has 2 heterocycles. The fourth-order valence-corrected chi connectivity index (χ4v) is 9.41. The van der Waals surface area contributed by atoms with Crippen LogP contribution < -0.4 is 0 Å². The van der Waals surface area contributed by atoms with E-state index in [0.717, 1.165) is 24.8 Å². The Labute approximate surface area is 245 Å². The van der Waals surface area contributed by atoms with Gasteiger partial charge in [0.15, 0.2) is 17.9 Å². The summed E-state index contributed by atoms with van der Waals surface area (Å²) in [5, 5.41) is 53.9. The third-order valence-electron chi connectivity index (χ3n) is 11.4. The average molecular weight is 593 g/mol. The van der Waals surface area contributed by atoms with E-state index < -0.39 is 72.4 Å². The molecule has 2 saturated heterocycles. The first kappa shape index (κ1) is 30.5. The standard InChI is InChI=1S/C31H44O11/c1-4-5-24-41-30(38)27(37)26(36)23(14-32)40-31(30,42-24)39-15-22(35)20-9-8-19-18-7-6-16-12-17(33)10-11-28(16,2)25(18)21(34)13-29(19,20)3/h10-12,18-21,23-27,32,34,36-38H,4-9,13-15H2,1-3H3/t18?,19?,20-,21+,23-,24?,25?,26-,27+,28+,29+,30+,31+/m1/s1. The molecular weight excluding hydrogens is 548 g/mol. The minimum atomic E-state index is -2.63. The highest BCUT2D eigenvalue weighted by molar-refractivity contribution is 6.01. The van der Waals surface area contributed by atoms with E-state index in [9.17, 15) is 35.1 Å². The first-order valence-electron chi connectivity index (χ1n) is 15.4. The number of ketones is 2. The number of hydrogen-bond acceptors (Lipinski definition) is 11. The van der Waals surface area contributed by atoms with Crippen LogP contribution in [0.3, 0.4) is 0 Å². The summed E-state index contributed by atoms with van der Waals surface area (Å²) in [7, 11) is 0. The summed E-state index contributed by atoms with van der Waals surface area (Å²) in [6.07, 6.45) is 3.03. The normalized spacial score (nSPS) is 51.4. The maximum absolute atomic E-state index is 13.9. The van der Waals surface area contributed by atoms with E-state index in [1.54, 1.807) is 12.2 Å². The average Bonchev–Trinajstić information content (AvgIpc) is 3.43. The summed E-state index contributed by atoms with van der Waals surface area (Å²) in [6.45, 7) is 4.82. The predicted octanol–water partition coefficient (Wildman–Crippen LogP) is 1.10. The van der Waals surface area contributed by atoms with Crippen LogP contribution >= 0.6 is 0 Å². The molecule has 5 fully saturated rings. The van der Waals surface area contributed by atoms with E-state index in [2.05, 4.69) is 13.8 Å². The molecule has 11 nitrogen and oxygen atoms in total. The van der Waals surface area contributed by atoms with Gasteiger partial charge in [-0.2, -0.15) is 0 Å². The lowest BCUT2D eigenvalue weighted by atomic mass is 9.46. The lowest BCUT2D eigenvalue weighted by molar-refractivity contribution is -0.485. The van der Waals surface area contributed by atoms with Crippen molar-refractivity contribution in [1.29, 1.82) is 0 Å². The van der Waals surface area contributed by atoms with E-state index >= 15 is 0 Å². The van der Waals surface area contributed by atoms with Gasteiger partial charge in [-0.15, -0.1) is 0 Å². The molecule has 6 rings (SSSR count). The topological polar surface area (TPSA) is 172 Å². The second-order valence-corrected chi connectivity index (χ2v) is 13.7. The Morgan fingerprint density at radius 1 is 1.12 bits per heavy atom. The molecule has 0 aromatic rings. The molecule has 2 aliphatic heterocycles. The van der Waals surface area contributed by atoms with Crippen LogP contribution in [0, 0.1) is 34.5 Å². The minimum absolute atomic E-state index is 0.0131. The Hall–Kier alpha value is -1.54. The minimum Gasteiger partial charge on any atom is -0.394 e. The van der Waals surface area contributed by atoms with Gasteiger partial charge in [0.25, 0.3) is 5.79 Å². The summed E-state index contributed by atoms with van der Waals surface area (Å²) in [5.74, 6) is -5.43. The first-order chi connectivity index (χ1) is 19.8. The lowest BCUT2D eigenvalue weighted by Crippen LogP contribution is -2.72. The number of fused-ring (bicyclic) bond motifs is 6. The van der Waals surface area contributed by atoms with Crippen LogP contribution in [0.15, 0.2) is 23.8 Å². The molecule has 4 unspecified atom stereocenters. The van der Waals surface area contributed by atoms with E-state index in [1.165, 1.54) is 0 Å². The van der Waals surface area contributed by atoms with Crippen molar-refractivity contribution < 1.29 is 54.1 Å². The summed E-state index contributed by atoms with van der Waals surface area (Å²) >= 11 is 0. The Morgan fingerprint density at radius 3 is 2.60 bits per heavy atom. The summed E-state index contributed by atoms with van der Waals surface area (Å²) in [6, 6.07) is 0. The van der Waals surface area contributed by atoms with Crippen LogP contribution in [0.4, 0.5) is 0 Å². The van der Waals surface area contributed by atoms with Crippen molar-refractivity contribution in [3.63, 3.8) is 0 Å². The number of Topliss-reactive ketones (excluding diaryl/α,β-unsaturated/α-hetero) is 1. The van der Waals surface area contributed by atoms with Gasteiger partial charge in [-0.25, -0.2) is 0 Å². The highest BCUT2D eigenvalue weighted by Gasteiger charge is 2.73. The molecule has 5 N–H and O–H groups in total. The predicted molar refractivity (Wildman–Crippen MR) is 145 cm³/mol. The second kappa shape index (κ2) is 10.5. The van der Waals surface area contributed by atoms with Crippen molar-refractivity contribution in [3.05, 3.63) is 23.8 Å². The van der Waals surface area contributed by atoms with Gasteiger partial charge in [-0.3, -0.25) is 14.3 Å². The Morgan fingerprint density at radius 2 is 1.88 bits per heavy atom. The van der Waals surface area contributed by atoms with Crippen molar-refractivity contribution >= 4 is 11.6 Å². The van der Waals surface area contributed by atoms with Crippen LogP contribution in [0.1, 0.15) is 65.7 Å². The van der Waals surface area contributed by atoms with E-state index in [1.807, 2.05) is 13.0 Å². The number of ether oxygens (including phenoxy) is 4. The smallest absolute Gasteiger partial charge is 0.346 e. The molecule has 0 aromatic carbocycles. The maximum atomic E-state index is 13.9. The molecule has 42 heavy (non-hydrogen) atoms. The Balaban J connectivity index is 1.22. The third kappa shape index (κ3) is 4.27. The zero-order valence-corrected chi connectivity index (χ0v) is 24.5. The molecule has 0 aromatic heterocycles. The molecular formula is C31H44O11. The van der Waals surface area contributed by atoms with Crippen LogP contribution in [0.5, 0.6) is 0 Å². The van der Waals surface area contributed by atoms with Crippen molar-refractivity contribution in [2.45, 2.75) is 108 Å². The molecule has 13 atom stereocenters. The second-order valence-electron chi connectivity index (χ2n) is 13.7. The zero-order chi connectivity index (χ0) is 30.2. The van der Waals surface area contributed by atoms with Gasteiger partial charge in [-0.1, -0.05) is 38.8 Å². The van der Waals surface area contributed by atoms with E-state index in [4.69, 9.17) is 18.9 Å². The van der Waals surface area contributed by atoms with Gasteiger partial charge in [-0.05, 0) is 67.9 Å². The maximum Gasteiger partial charge on any atom is 0.346 e. The molecule has 11 heteroatoms. The molecule has 6 aliphatic rings. The van der Waals surface area contributed by atoms with Gasteiger partial charge in [0, 0.05) is 17.3 Å². The number of aliphatic hydroxyl groups is 5. The molecule has 0 spiro atoms. The number of rotatable bonds is 7. The quantitative estimate of drug-likeness (QED) is 0.287.